The van der Waals surface area contributed by atoms with Gasteiger partial charge in [0.15, 0.2) is 11.5 Å². The van der Waals surface area contributed by atoms with Gasteiger partial charge in [-0.1, -0.05) is 33.1 Å². The molecule has 0 amide bonds. The van der Waals surface area contributed by atoms with Crippen molar-refractivity contribution >= 4 is 0 Å². The second-order valence-corrected chi connectivity index (χ2v) is 4.45. The highest BCUT2D eigenvalue weighted by Crippen LogP contribution is 2.27. The minimum atomic E-state index is -0.973. The molecule has 0 spiro atoms. The van der Waals surface area contributed by atoms with E-state index < -0.39 is 11.6 Å². The van der Waals surface area contributed by atoms with Crippen LogP contribution >= 0.6 is 0 Å². The van der Waals surface area contributed by atoms with Gasteiger partial charge in [0.05, 0.1) is 13.2 Å². The van der Waals surface area contributed by atoms with Crippen molar-refractivity contribution in [3.8, 4) is 11.5 Å². The Morgan fingerprint density at radius 2 is 1.37 bits per heavy atom. The van der Waals surface area contributed by atoms with E-state index in [-0.39, 0.29) is 11.5 Å². The molecule has 0 fully saturated rings. The summed E-state index contributed by atoms with van der Waals surface area (Å²) in [6.07, 6.45) is 4.90. The fourth-order valence-corrected chi connectivity index (χ4v) is 1.66. The van der Waals surface area contributed by atoms with Gasteiger partial charge in [0.2, 0.25) is 11.6 Å². The van der Waals surface area contributed by atoms with Crippen molar-refractivity contribution in [1.82, 2.24) is 0 Å². The number of rotatable bonds is 9. The summed E-state index contributed by atoms with van der Waals surface area (Å²) in [5.41, 5.74) is 0. The van der Waals surface area contributed by atoms with Crippen LogP contribution in [0.1, 0.15) is 46.0 Å². The van der Waals surface area contributed by atoms with E-state index in [1.54, 1.807) is 0 Å². The van der Waals surface area contributed by atoms with E-state index in [4.69, 9.17) is 9.47 Å². The van der Waals surface area contributed by atoms with Crippen LogP contribution in [0.5, 0.6) is 11.5 Å². The summed E-state index contributed by atoms with van der Waals surface area (Å²) in [7, 11) is 0. The third-order valence-electron chi connectivity index (χ3n) is 2.73. The summed E-state index contributed by atoms with van der Waals surface area (Å²) in [5.74, 6) is -2.04. The molecule has 0 aliphatic rings. The zero-order valence-electron chi connectivity index (χ0n) is 11.7. The Bertz CT molecular complexity index is 381. The Balaban J connectivity index is 2.53. The van der Waals surface area contributed by atoms with Crippen molar-refractivity contribution in [1.29, 1.82) is 0 Å². The third kappa shape index (κ3) is 5.05. The van der Waals surface area contributed by atoms with Crippen LogP contribution in [0, 0.1) is 11.6 Å². The van der Waals surface area contributed by atoms with Crippen molar-refractivity contribution in [3.05, 3.63) is 23.8 Å². The second kappa shape index (κ2) is 8.73. The molecule has 0 bridgehead atoms. The first-order valence-electron chi connectivity index (χ1n) is 6.94. The van der Waals surface area contributed by atoms with E-state index in [2.05, 4.69) is 6.92 Å². The maximum absolute atomic E-state index is 13.7. The largest absolute Gasteiger partial charge is 0.490 e. The van der Waals surface area contributed by atoms with Crippen LogP contribution < -0.4 is 9.47 Å². The molecule has 0 unspecified atom stereocenters. The minimum Gasteiger partial charge on any atom is -0.490 e. The Morgan fingerprint density at radius 1 is 0.789 bits per heavy atom. The van der Waals surface area contributed by atoms with E-state index in [0.29, 0.717) is 13.2 Å². The van der Waals surface area contributed by atoms with E-state index in [9.17, 15) is 8.78 Å². The Kier molecular flexibility index (Phi) is 7.23. The topological polar surface area (TPSA) is 18.5 Å². The Labute approximate surface area is 113 Å². The molecule has 108 valence electrons. The quantitative estimate of drug-likeness (QED) is 0.606. The van der Waals surface area contributed by atoms with E-state index in [1.807, 2.05) is 6.92 Å². The molecule has 0 heterocycles. The molecule has 1 aromatic carbocycles. The number of unbranched alkanes of at least 4 members (excludes halogenated alkanes) is 3. The molecule has 19 heavy (non-hydrogen) atoms. The van der Waals surface area contributed by atoms with Crippen molar-refractivity contribution in [2.24, 2.45) is 0 Å². The number of hydrogen-bond donors (Lipinski definition) is 0. The van der Waals surface area contributed by atoms with Gasteiger partial charge in [-0.2, -0.15) is 8.78 Å². The molecule has 1 rings (SSSR count). The average Bonchev–Trinajstić information content (AvgIpc) is 2.42. The zero-order chi connectivity index (χ0) is 14.1. The first-order valence-corrected chi connectivity index (χ1v) is 6.94. The molecule has 2 nitrogen and oxygen atoms in total. The molecule has 0 saturated heterocycles. The van der Waals surface area contributed by atoms with Crippen LogP contribution in [0.2, 0.25) is 0 Å². The van der Waals surface area contributed by atoms with Crippen molar-refractivity contribution in [2.45, 2.75) is 46.0 Å². The lowest BCUT2D eigenvalue weighted by Crippen LogP contribution is -2.03. The van der Waals surface area contributed by atoms with Crippen LogP contribution in [0.25, 0.3) is 0 Å². The monoisotopic (exact) mass is 272 g/mol. The molecular weight excluding hydrogens is 250 g/mol. The Hall–Kier alpha value is -1.32. The van der Waals surface area contributed by atoms with Gasteiger partial charge < -0.3 is 9.47 Å². The standard InChI is InChI=1S/C15H22F2O2/c1-3-5-6-7-11-19-13-9-8-12(18-10-4-2)14(16)15(13)17/h8-9H,3-7,10-11H2,1-2H3. The summed E-state index contributed by atoms with van der Waals surface area (Å²) in [6.45, 7) is 4.80. The summed E-state index contributed by atoms with van der Waals surface area (Å²) < 4.78 is 37.7. The lowest BCUT2D eigenvalue weighted by Gasteiger charge is -2.10. The molecule has 0 aliphatic heterocycles. The van der Waals surface area contributed by atoms with Gasteiger partial charge in [-0.3, -0.25) is 0 Å². The molecule has 0 aliphatic carbocycles. The summed E-state index contributed by atoms with van der Waals surface area (Å²) in [5, 5.41) is 0. The van der Waals surface area contributed by atoms with Crippen LogP contribution in [0.4, 0.5) is 8.78 Å². The third-order valence-corrected chi connectivity index (χ3v) is 2.73. The second-order valence-electron chi connectivity index (χ2n) is 4.45. The molecule has 0 aromatic heterocycles. The molecule has 1 aromatic rings. The molecule has 4 heteroatoms. The van der Waals surface area contributed by atoms with Crippen molar-refractivity contribution in [2.75, 3.05) is 13.2 Å². The van der Waals surface area contributed by atoms with E-state index >= 15 is 0 Å². The van der Waals surface area contributed by atoms with Gasteiger partial charge in [0.1, 0.15) is 0 Å². The lowest BCUT2D eigenvalue weighted by atomic mass is 10.2. The van der Waals surface area contributed by atoms with Crippen LogP contribution in [-0.4, -0.2) is 13.2 Å². The lowest BCUT2D eigenvalue weighted by molar-refractivity contribution is 0.270. The maximum Gasteiger partial charge on any atom is 0.204 e. The predicted molar refractivity (Wildman–Crippen MR) is 71.8 cm³/mol. The fraction of sp³-hybridized carbons (Fsp3) is 0.600. The first-order chi connectivity index (χ1) is 9.20. The number of benzene rings is 1. The summed E-state index contributed by atoms with van der Waals surface area (Å²) in [6, 6.07) is 2.83. The molecule has 0 N–H and O–H groups in total. The van der Waals surface area contributed by atoms with E-state index in [0.717, 1.165) is 32.1 Å². The van der Waals surface area contributed by atoms with Crippen molar-refractivity contribution in [3.63, 3.8) is 0 Å². The highest BCUT2D eigenvalue weighted by molar-refractivity contribution is 5.35. The number of halogens is 2. The summed E-state index contributed by atoms with van der Waals surface area (Å²) >= 11 is 0. The highest BCUT2D eigenvalue weighted by Gasteiger charge is 2.15. The normalized spacial score (nSPS) is 10.5. The van der Waals surface area contributed by atoms with Gasteiger partial charge >= 0.3 is 0 Å². The SMILES string of the molecule is CCCCCCOc1ccc(OCCC)c(F)c1F. The van der Waals surface area contributed by atoms with Crippen molar-refractivity contribution < 1.29 is 18.3 Å². The fourth-order valence-electron chi connectivity index (χ4n) is 1.66. The van der Waals surface area contributed by atoms with Gasteiger partial charge in [-0.15, -0.1) is 0 Å². The van der Waals surface area contributed by atoms with Gasteiger partial charge in [0, 0.05) is 0 Å². The summed E-state index contributed by atoms with van der Waals surface area (Å²) in [4.78, 5) is 0. The van der Waals surface area contributed by atoms with Gasteiger partial charge in [-0.05, 0) is 25.0 Å². The van der Waals surface area contributed by atoms with Gasteiger partial charge in [-0.25, -0.2) is 0 Å². The molecule has 0 saturated carbocycles. The smallest absolute Gasteiger partial charge is 0.204 e. The highest BCUT2D eigenvalue weighted by atomic mass is 19.2. The number of ether oxygens (including phenoxy) is 2. The first kappa shape index (κ1) is 15.7. The molecular formula is C15H22F2O2. The van der Waals surface area contributed by atoms with Crippen LogP contribution in [0.3, 0.4) is 0 Å². The number of hydrogen-bond acceptors (Lipinski definition) is 2. The predicted octanol–water partition coefficient (Wildman–Crippen LogP) is 4.71. The average molecular weight is 272 g/mol. The maximum atomic E-state index is 13.7. The van der Waals surface area contributed by atoms with Crippen LogP contribution in [0.15, 0.2) is 12.1 Å². The minimum absolute atomic E-state index is 0.0437. The molecule has 0 atom stereocenters. The molecule has 0 radical (unpaired) electrons. The van der Waals surface area contributed by atoms with Gasteiger partial charge in [0.25, 0.3) is 0 Å². The zero-order valence-corrected chi connectivity index (χ0v) is 11.7. The van der Waals surface area contributed by atoms with Crippen LogP contribution in [-0.2, 0) is 0 Å². The van der Waals surface area contributed by atoms with E-state index in [1.165, 1.54) is 12.1 Å². The Morgan fingerprint density at radius 3 is 1.89 bits per heavy atom.